The zero-order valence-corrected chi connectivity index (χ0v) is 11.1. The van der Waals surface area contributed by atoms with Gasteiger partial charge in [0.15, 0.2) is 0 Å². The predicted octanol–water partition coefficient (Wildman–Crippen LogP) is 1.75. The van der Waals surface area contributed by atoms with Gasteiger partial charge < -0.3 is 10.4 Å². The van der Waals surface area contributed by atoms with Gasteiger partial charge in [0.2, 0.25) is 5.91 Å². The molecule has 1 aromatic heterocycles. The second-order valence-electron chi connectivity index (χ2n) is 4.24. The van der Waals surface area contributed by atoms with Crippen LogP contribution in [-0.4, -0.2) is 22.6 Å². The van der Waals surface area contributed by atoms with Crippen molar-refractivity contribution in [2.45, 2.75) is 6.42 Å². The number of carbonyl (C=O) groups is 1. The van der Waals surface area contributed by atoms with Crippen molar-refractivity contribution in [2.24, 2.45) is 0 Å². The summed E-state index contributed by atoms with van der Waals surface area (Å²) in [5.74, 6) is 5.05. The minimum absolute atomic E-state index is 0.133. The number of anilines is 1. The van der Waals surface area contributed by atoms with Crippen molar-refractivity contribution >= 4 is 11.7 Å². The lowest BCUT2D eigenvalue weighted by Crippen LogP contribution is -2.15. The topological polar surface area (TPSA) is 62.2 Å². The molecule has 0 fully saturated rings. The van der Waals surface area contributed by atoms with Crippen LogP contribution >= 0.6 is 0 Å². The first-order valence-corrected chi connectivity index (χ1v) is 6.27. The zero-order chi connectivity index (χ0) is 15.1. The van der Waals surface area contributed by atoms with Gasteiger partial charge in [0.1, 0.15) is 18.2 Å². The van der Waals surface area contributed by atoms with Gasteiger partial charge in [-0.05, 0) is 29.8 Å². The predicted molar refractivity (Wildman–Crippen MR) is 76.9 cm³/mol. The van der Waals surface area contributed by atoms with Gasteiger partial charge >= 0.3 is 0 Å². The minimum Gasteiger partial charge on any atom is -0.384 e. The van der Waals surface area contributed by atoms with Crippen molar-refractivity contribution in [2.75, 3.05) is 11.9 Å². The number of nitrogens with one attached hydrogen (secondary N) is 1. The highest BCUT2D eigenvalue weighted by atomic mass is 19.1. The van der Waals surface area contributed by atoms with Crippen molar-refractivity contribution in [3.8, 4) is 11.8 Å². The van der Waals surface area contributed by atoms with Gasteiger partial charge in [-0.2, -0.15) is 0 Å². The third kappa shape index (κ3) is 4.71. The Balaban J connectivity index is 2.00. The number of rotatable bonds is 3. The molecule has 0 radical (unpaired) electrons. The summed E-state index contributed by atoms with van der Waals surface area (Å²) in [6.45, 7) is -0.228. The van der Waals surface area contributed by atoms with Crippen LogP contribution in [-0.2, 0) is 11.2 Å². The molecule has 1 amide bonds. The highest BCUT2D eigenvalue weighted by Gasteiger charge is 2.05. The van der Waals surface area contributed by atoms with Crippen LogP contribution in [0.2, 0.25) is 0 Å². The molecule has 0 aliphatic rings. The number of nitrogens with zero attached hydrogens (tertiary/aromatic N) is 1. The molecule has 4 nitrogen and oxygen atoms in total. The molecule has 0 bridgehead atoms. The van der Waals surface area contributed by atoms with E-state index in [-0.39, 0.29) is 24.8 Å². The molecular weight excluding hydrogens is 271 g/mol. The summed E-state index contributed by atoms with van der Waals surface area (Å²) in [5.41, 5.74) is 1.36. The maximum Gasteiger partial charge on any atom is 0.229 e. The molecule has 0 aliphatic heterocycles. The van der Waals surface area contributed by atoms with E-state index in [0.717, 1.165) is 0 Å². The van der Waals surface area contributed by atoms with E-state index in [1.807, 2.05) is 0 Å². The standard InChI is InChI=1S/C16H13FN2O2/c17-14-5-3-13(4-6-14)11-16(21)19-15-10-12(2-1-9-20)7-8-18-15/h3-8,10,20H,9,11H2,(H,18,19,21). The lowest BCUT2D eigenvalue weighted by Gasteiger charge is -2.05. The first-order valence-electron chi connectivity index (χ1n) is 6.27. The molecule has 0 atom stereocenters. The van der Waals surface area contributed by atoms with Crippen LogP contribution in [0.15, 0.2) is 42.6 Å². The first kappa shape index (κ1) is 14.7. The second kappa shape index (κ2) is 7.17. The van der Waals surface area contributed by atoms with Gasteiger partial charge in [-0.15, -0.1) is 0 Å². The number of hydrogen-bond acceptors (Lipinski definition) is 3. The molecule has 2 rings (SSSR count). The Hall–Kier alpha value is -2.71. The lowest BCUT2D eigenvalue weighted by atomic mass is 10.1. The van der Waals surface area contributed by atoms with E-state index in [0.29, 0.717) is 16.9 Å². The maximum absolute atomic E-state index is 12.8. The van der Waals surface area contributed by atoms with Crippen LogP contribution in [0.5, 0.6) is 0 Å². The van der Waals surface area contributed by atoms with Crippen molar-refractivity contribution < 1.29 is 14.3 Å². The Labute approximate surface area is 121 Å². The smallest absolute Gasteiger partial charge is 0.229 e. The van der Waals surface area contributed by atoms with E-state index in [1.165, 1.54) is 18.3 Å². The van der Waals surface area contributed by atoms with Crippen LogP contribution < -0.4 is 5.32 Å². The van der Waals surface area contributed by atoms with E-state index in [2.05, 4.69) is 22.1 Å². The van der Waals surface area contributed by atoms with E-state index in [4.69, 9.17) is 5.11 Å². The van der Waals surface area contributed by atoms with Gasteiger partial charge in [0, 0.05) is 11.8 Å². The molecule has 0 saturated heterocycles. The quantitative estimate of drug-likeness (QED) is 0.844. The summed E-state index contributed by atoms with van der Waals surface area (Å²) in [6.07, 6.45) is 1.66. The molecule has 5 heteroatoms. The highest BCUT2D eigenvalue weighted by molar-refractivity contribution is 5.91. The Morgan fingerprint density at radius 3 is 2.76 bits per heavy atom. The van der Waals surface area contributed by atoms with Crippen LogP contribution in [0.4, 0.5) is 10.2 Å². The Morgan fingerprint density at radius 1 is 1.29 bits per heavy atom. The zero-order valence-electron chi connectivity index (χ0n) is 11.1. The molecule has 21 heavy (non-hydrogen) atoms. The summed E-state index contributed by atoms with van der Waals surface area (Å²) in [6, 6.07) is 9.04. The second-order valence-corrected chi connectivity index (χ2v) is 4.24. The van der Waals surface area contributed by atoms with E-state index < -0.39 is 0 Å². The van der Waals surface area contributed by atoms with Gasteiger partial charge in [-0.3, -0.25) is 4.79 Å². The largest absolute Gasteiger partial charge is 0.384 e. The van der Waals surface area contributed by atoms with Crippen molar-refractivity contribution in [3.63, 3.8) is 0 Å². The van der Waals surface area contributed by atoms with E-state index >= 15 is 0 Å². The Morgan fingerprint density at radius 2 is 2.05 bits per heavy atom. The monoisotopic (exact) mass is 284 g/mol. The van der Waals surface area contributed by atoms with Crippen LogP contribution in [0, 0.1) is 17.7 Å². The highest BCUT2D eigenvalue weighted by Crippen LogP contribution is 2.08. The SMILES string of the molecule is O=C(Cc1ccc(F)cc1)Nc1cc(C#CCO)ccn1. The van der Waals surface area contributed by atoms with Crippen molar-refractivity contribution in [3.05, 3.63) is 59.5 Å². The molecule has 106 valence electrons. The third-order valence-electron chi connectivity index (χ3n) is 2.62. The molecule has 0 spiro atoms. The van der Waals surface area contributed by atoms with Crippen molar-refractivity contribution in [1.29, 1.82) is 0 Å². The molecule has 0 aliphatic carbocycles. The summed E-state index contributed by atoms with van der Waals surface area (Å²) < 4.78 is 12.8. The number of halogens is 1. The van der Waals surface area contributed by atoms with Crippen LogP contribution in [0.3, 0.4) is 0 Å². The molecule has 0 unspecified atom stereocenters. The van der Waals surface area contributed by atoms with Gasteiger partial charge in [0.05, 0.1) is 6.42 Å². The Kier molecular flexibility index (Phi) is 5.02. The fraction of sp³-hybridized carbons (Fsp3) is 0.125. The molecule has 2 N–H and O–H groups in total. The third-order valence-corrected chi connectivity index (χ3v) is 2.62. The number of aliphatic hydroxyl groups excluding tert-OH is 1. The fourth-order valence-electron chi connectivity index (χ4n) is 1.69. The Bertz CT molecular complexity index is 687. The number of pyridine rings is 1. The normalized spacial score (nSPS) is 9.62. The molecule has 1 aromatic carbocycles. The van der Waals surface area contributed by atoms with Crippen molar-refractivity contribution in [1.82, 2.24) is 4.98 Å². The summed E-state index contributed by atoms with van der Waals surface area (Å²) in [7, 11) is 0. The number of amides is 1. The maximum atomic E-state index is 12.8. The number of benzene rings is 1. The van der Waals surface area contributed by atoms with E-state index in [1.54, 1.807) is 24.3 Å². The first-order chi connectivity index (χ1) is 10.2. The minimum atomic E-state index is -0.337. The van der Waals surface area contributed by atoms with E-state index in [9.17, 15) is 9.18 Å². The van der Waals surface area contributed by atoms with Gasteiger partial charge in [-0.1, -0.05) is 24.0 Å². The van der Waals surface area contributed by atoms with Crippen LogP contribution in [0.25, 0.3) is 0 Å². The summed E-state index contributed by atoms with van der Waals surface area (Å²) in [5, 5.41) is 11.3. The number of aliphatic hydroxyl groups is 1. The van der Waals surface area contributed by atoms with Gasteiger partial charge in [-0.25, -0.2) is 9.37 Å². The number of aromatic nitrogens is 1. The van der Waals surface area contributed by atoms with Crippen LogP contribution in [0.1, 0.15) is 11.1 Å². The fourth-order valence-corrected chi connectivity index (χ4v) is 1.69. The average molecular weight is 284 g/mol. The lowest BCUT2D eigenvalue weighted by molar-refractivity contribution is -0.115. The molecule has 1 heterocycles. The van der Waals surface area contributed by atoms with Gasteiger partial charge in [0.25, 0.3) is 0 Å². The average Bonchev–Trinajstić information content (AvgIpc) is 2.48. The number of carbonyl (C=O) groups excluding carboxylic acids is 1. The molecule has 0 saturated carbocycles. The molecule has 2 aromatic rings. The molecular formula is C16H13FN2O2. The summed E-state index contributed by atoms with van der Waals surface area (Å²) in [4.78, 5) is 15.9. The summed E-state index contributed by atoms with van der Waals surface area (Å²) >= 11 is 0. The number of hydrogen-bond donors (Lipinski definition) is 2.